The average Bonchev–Trinajstić information content (AvgIpc) is 2.92. The van der Waals surface area contributed by atoms with Crippen molar-refractivity contribution < 1.29 is 24.1 Å². The predicted octanol–water partition coefficient (Wildman–Crippen LogP) is 4.80. The second-order valence-electron chi connectivity index (χ2n) is 9.56. The Labute approximate surface area is 213 Å². The molecule has 1 saturated heterocycles. The molecule has 192 valence electrons. The molecule has 0 amide bonds. The first kappa shape index (κ1) is 26.1. The van der Waals surface area contributed by atoms with E-state index < -0.39 is 12.2 Å². The molecule has 6 heteroatoms. The highest BCUT2D eigenvalue weighted by Crippen LogP contribution is 2.31. The largest absolute Gasteiger partial charge is 0.497 e. The topological polar surface area (TPSA) is 62.2 Å². The van der Waals surface area contributed by atoms with E-state index in [1.807, 2.05) is 30.3 Å². The number of rotatable bonds is 11. The van der Waals surface area contributed by atoms with Crippen LogP contribution in [-0.4, -0.2) is 54.6 Å². The van der Waals surface area contributed by atoms with Gasteiger partial charge in [0.2, 0.25) is 0 Å². The van der Waals surface area contributed by atoms with Gasteiger partial charge < -0.3 is 24.6 Å². The minimum absolute atomic E-state index is 0.136. The Bertz CT molecular complexity index is 1080. The van der Waals surface area contributed by atoms with Crippen LogP contribution in [0.2, 0.25) is 0 Å². The van der Waals surface area contributed by atoms with Crippen LogP contribution in [0, 0.1) is 11.7 Å². The number of para-hydroxylation sites is 1. The molecule has 0 aliphatic carbocycles. The lowest BCUT2D eigenvalue weighted by Gasteiger charge is -2.35. The quantitative estimate of drug-likeness (QED) is 0.402. The normalized spacial score (nSPS) is 16.4. The number of ether oxygens (including phenoxy) is 2. The molecule has 3 aromatic carbocycles. The van der Waals surface area contributed by atoms with Gasteiger partial charge >= 0.3 is 0 Å². The van der Waals surface area contributed by atoms with Crippen molar-refractivity contribution in [2.45, 2.75) is 37.9 Å². The molecule has 1 heterocycles. The van der Waals surface area contributed by atoms with Crippen LogP contribution < -0.4 is 9.47 Å². The molecule has 36 heavy (non-hydrogen) atoms. The summed E-state index contributed by atoms with van der Waals surface area (Å²) in [6.07, 6.45) is 2.19. The molecule has 4 rings (SSSR count). The molecule has 1 fully saturated rings. The fraction of sp³-hybridized carbons (Fsp3) is 0.400. The Morgan fingerprint density at radius 2 is 1.69 bits per heavy atom. The van der Waals surface area contributed by atoms with Crippen LogP contribution in [0.4, 0.5) is 4.39 Å². The number of β-amino-alcohol motifs (C(OH)–C–C–N with tert-alkyl or cyclic N) is 1. The van der Waals surface area contributed by atoms with Gasteiger partial charge in [-0.3, -0.25) is 0 Å². The lowest BCUT2D eigenvalue weighted by molar-refractivity contribution is 0.0277. The zero-order chi connectivity index (χ0) is 25.3. The van der Waals surface area contributed by atoms with Crippen LogP contribution >= 0.6 is 0 Å². The molecule has 1 aliphatic rings. The maximum Gasteiger partial charge on any atom is 0.123 e. The summed E-state index contributed by atoms with van der Waals surface area (Å²) in [5.74, 6) is 1.50. The van der Waals surface area contributed by atoms with Gasteiger partial charge in [-0.2, -0.15) is 0 Å². The zero-order valence-corrected chi connectivity index (χ0v) is 20.9. The van der Waals surface area contributed by atoms with Crippen LogP contribution in [0.15, 0.2) is 72.8 Å². The minimum atomic E-state index is -0.602. The maximum absolute atomic E-state index is 13.2. The second-order valence-corrected chi connectivity index (χ2v) is 9.56. The lowest BCUT2D eigenvalue weighted by Crippen LogP contribution is -2.41. The summed E-state index contributed by atoms with van der Waals surface area (Å²) in [7, 11) is 1.67. The fourth-order valence-electron chi connectivity index (χ4n) is 4.88. The second kappa shape index (κ2) is 12.9. The van der Waals surface area contributed by atoms with Crippen LogP contribution in [-0.2, 0) is 12.8 Å². The summed E-state index contributed by atoms with van der Waals surface area (Å²) < 4.78 is 24.5. The average molecular weight is 494 g/mol. The number of methoxy groups -OCH3 is 1. The molecule has 1 aliphatic heterocycles. The van der Waals surface area contributed by atoms with E-state index >= 15 is 0 Å². The maximum atomic E-state index is 13.2. The van der Waals surface area contributed by atoms with E-state index in [0.29, 0.717) is 6.54 Å². The Morgan fingerprint density at radius 1 is 0.944 bits per heavy atom. The standard InChI is InChI=1S/C30H36FNO4/c1-35-28-7-4-5-22(19-28)9-10-23-6-2-3-8-29(23)36-21-27(33)20-32-17-15-25(16-18-32)30(34)24-11-13-26(31)14-12-24/h2-8,11-14,19,25,27,30,33-34H,9-10,15-18,20-21H2,1H3. The summed E-state index contributed by atoms with van der Waals surface area (Å²) in [6.45, 7) is 2.37. The molecule has 2 unspecified atom stereocenters. The molecule has 2 N–H and O–H groups in total. The van der Waals surface area contributed by atoms with Crippen molar-refractivity contribution in [1.82, 2.24) is 4.90 Å². The van der Waals surface area contributed by atoms with Crippen molar-refractivity contribution in [2.24, 2.45) is 5.92 Å². The zero-order valence-electron chi connectivity index (χ0n) is 20.9. The van der Waals surface area contributed by atoms with E-state index in [2.05, 4.69) is 23.1 Å². The van der Waals surface area contributed by atoms with E-state index in [-0.39, 0.29) is 18.3 Å². The Morgan fingerprint density at radius 3 is 2.44 bits per heavy atom. The van der Waals surface area contributed by atoms with Crippen LogP contribution in [0.1, 0.15) is 35.6 Å². The number of aliphatic hydroxyl groups excluding tert-OH is 2. The van der Waals surface area contributed by atoms with Crippen molar-refractivity contribution in [3.8, 4) is 11.5 Å². The molecule has 0 bridgehead atoms. The molecule has 2 atom stereocenters. The molecular formula is C30H36FNO4. The Balaban J connectivity index is 1.22. The predicted molar refractivity (Wildman–Crippen MR) is 139 cm³/mol. The van der Waals surface area contributed by atoms with Crippen molar-refractivity contribution in [2.75, 3.05) is 33.4 Å². The minimum Gasteiger partial charge on any atom is -0.497 e. The highest BCUT2D eigenvalue weighted by Gasteiger charge is 2.27. The molecule has 0 radical (unpaired) electrons. The Hall–Kier alpha value is -2.93. The third-order valence-corrected chi connectivity index (χ3v) is 6.98. The van der Waals surface area contributed by atoms with E-state index in [1.54, 1.807) is 19.2 Å². The molecular weight excluding hydrogens is 457 g/mol. The van der Waals surface area contributed by atoms with Crippen LogP contribution in [0.25, 0.3) is 0 Å². The van der Waals surface area contributed by atoms with Gasteiger partial charge in [0.1, 0.15) is 30.0 Å². The van der Waals surface area contributed by atoms with Gasteiger partial charge in [-0.1, -0.05) is 42.5 Å². The van der Waals surface area contributed by atoms with Gasteiger partial charge in [-0.15, -0.1) is 0 Å². The van der Waals surface area contributed by atoms with Crippen molar-refractivity contribution >= 4 is 0 Å². The molecule has 5 nitrogen and oxygen atoms in total. The fourth-order valence-corrected chi connectivity index (χ4v) is 4.88. The number of aliphatic hydroxyl groups is 2. The number of nitrogens with zero attached hydrogens (tertiary/aromatic N) is 1. The van der Waals surface area contributed by atoms with Crippen molar-refractivity contribution in [1.29, 1.82) is 0 Å². The number of halogens is 1. The summed E-state index contributed by atoms with van der Waals surface area (Å²) >= 11 is 0. The Kier molecular flexibility index (Phi) is 9.34. The highest BCUT2D eigenvalue weighted by atomic mass is 19.1. The van der Waals surface area contributed by atoms with Gasteiger partial charge in [0.05, 0.1) is 13.2 Å². The van der Waals surface area contributed by atoms with E-state index in [4.69, 9.17) is 9.47 Å². The van der Waals surface area contributed by atoms with Gasteiger partial charge in [-0.05, 0) is 91.7 Å². The summed E-state index contributed by atoms with van der Waals surface area (Å²) in [4.78, 5) is 2.22. The van der Waals surface area contributed by atoms with Gasteiger partial charge in [0, 0.05) is 6.54 Å². The first-order valence-corrected chi connectivity index (χ1v) is 12.7. The SMILES string of the molecule is COc1cccc(CCc2ccccc2OCC(O)CN2CCC(C(O)c3ccc(F)cc3)CC2)c1. The third kappa shape index (κ3) is 7.29. The van der Waals surface area contributed by atoms with Crippen LogP contribution in [0.5, 0.6) is 11.5 Å². The molecule has 0 aromatic heterocycles. The van der Waals surface area contributed by atoms with Gasteiger partial charge in [0.15, 0.2) is 0 Å². The first-order chi connectivity index (χ1) is 17.5. The van der Waals surface area contributed by atoms with Crippen molar-refractivity contribution in [3.63, 3.8) is 0 Å². The summed E-state index contributed by atoms with van der Waals surface area (Å²) in [5.41, 5.74) is 3.08. The highest BCUT2D eigenvalue weighted by molar-refractivity contribution is 5.35. The number of hydrogen-bond acceptors (Lipinski definition) is 5. The first-order valence-electron chi connectivity index (χ1n) is 12.7. The monoisotopic (exact) mass is 493 g/mol. The number of piperidine rings is 1. The van der Waals surface area contributed by atoms with Gasteiger partial charge in [0.25, 0.3) is 0 Å². The lowest BCUT2D eigenvalue weighted by atomic mass is 9.87. The number of likely N-dealkylation sites (tertiary alicyclic amines) is 1. The van der Waals surface area contributed by atoms with E-state index in [1.165, 1.54) is 17.7 Å². The number of hydrogen-bond donors (Lipinski definition) is 2. The smallest absolute Gasteiger partial charge is 0.123 e. The van der Waals surface area contributed by atoms with Crippen molar-refractivity contribution in [3.05, 3.63) is 95.3 Å². The van der Waals surface area contributed by atoms with E-state index in [0.717, 1.165) is 61.4 Å². The van der Waals surface area contributed by atoms with E-state index in [9.17, 15) is 14.6 Å². The van der Waals surface area contributed by atoms with Gasteiger partial charge in [-0.25, -0.2) is 4.39 Å². The number of aryl methyl sites for hydroxylation is 2. The van der Waals surface area contributed by atoms with Crippen LogP contribution in [0.3, 0.4) is 0 Å². The molecule has 3 aromatic rings. The molecule has 0 spiro atoms. The summed E-state index contributed by atoms with van der Waals surface area (Å²) in [5, 5.41) is 21.3. The number of benzene rings is 3. The molecule has 0 saturated carbocycles. The summed E-state index contributed by atoms with van der Waals surface area (Å²) in [6, 6.07) is 22.2. The third-order valence-electron chi connectivity index (χ3n) is 6.98.